The van der Waals surface area contributed by atoms with Crippen molar-refractivity contribution in [1.29, 1.82) is 0 Å². The Morgan fingerprint density at radius 1 is 0.351 bits per heavy atom. The van der Waals surface area contributed by atoms with Crippen LogP contribution in [-0.4, -0.2) is 170 Å². The van der Waals surface area contributed by atoms with Gasteiger partial charge in [-0.3, -0.25) is 0 Å². The summed E-state index contributed by atoms with van der Waals surface area (Å²) in [4.78, 5) is 0. The van der Waals surface area contributed by atoms with Gasteiger partial charge in [0.2, 0.25) is 0 Å². The molecule has 14 heteroatoms. The highest BCUT2D eigenvalue weighted by Gasteiger charge is 2.49. The summed E-state index contributed by atoms with van der Waals surface area (Å²) in [5.41, 5.74) is 11.9. The first-order valence-electron chi connectivity index (χ1n) is 31.4. The molecular weight excluding hydrogens is 917 g/mol. The van der Waals surface area contributed by atoms with Crippen LogP contribution < -0.4 is 75.3 Å². The van der Waals surface area contributed by atoms with Crippen LogP contribution in [0.1, 0.15) is 199 Å². The number of hydrogen-bond donors (Lipinski definition) is 14. The van der Waals surface area contributed by atoms with Gasteiger partial charge >= 0.3 is 0 Å². The average Bonchev–Trinajstić information content (AvgIpc) is 3.36. The van der Waals surface area contributed by atoms with Crippen LogP contribution in [0.15, 0.2) is 0 Å². The van der Waals surface area contributed by atoms with Gasteiger partial charge in [0.15, 0.2) is 0 Å². The van der Waals surface area contributed by atoms with Crippen molar-refractivity contribution in [2.75, 3.05) is 146 Å². The molecule has 4 rings (SSSR count). The fraction of sp³-hybridized carbons (Fsp3) is 1.00. The van der Waals surface area contributed by atoms with Gasteiger partial charge in [0, 0.05) is 63.4 Å². The van der Waals surface area contributed by atoms with Crippen LogP contribution in [0.3, 0.4) is 0 Å². The van der Waals surface area contributed by atoms with Gasteiger partial charge in [0.25, 0.3) is 0 Å². The van der Waals surface area contributed by atoms with E-state index in [0.29, 0.717) is 29.6 Å². The summed E-state index contributed by atoms with van der Waals surface area (Å²) in [6.07, 6.45) is 23.7. The summed E-state index contributed by atoms with van der Waals surface area (Å²) in [5.74, 6) is 3.21. The van der Waals surface area contributed by atoms with Crippen LogP contribution >= 0.6 is 0 Å². The predicted molar refractivity (Wildman–Crippen MR) is 338 cm³/mol. The Labute approximate surface area is 466 Å². The van der Waals surface area contributed by atoms with Crippen molar-refractivity contribution in [2.45, 2.75) is 223 Å². The van der Waals surface area contributed by atoms with Crippen molar-refractivity contribution >= 4 is 0 Å². The highest BCUT2D eigenvalue weighted by atomic mass is 15.0. The molecule has 0 spiro atoms. The molecule has 0 unspecified atom stereocenters. The van der Waals surface area contributed by atoms with Crippen LogP contribution in [0.4, 0.5) is 0 Å². The van der Waals surface area contributed by atoms with Crippen molar-refractivity contribution in [3.8, 4) is 0 Å². The molecule has 0 radical (unpaired) electrons. The van der Waals surface area contributed by atoms with E-state index in [-0.39, 0.29) is 0 Å². The molecule has 0 atom stereocenters. The number of nitrogens with two attached hydrogens (primary N) is 2. The van der Waals surface area contributed by atoms with Gasteiger partial charge < -0.3 is 75.3 Å². The van der Waals surface area contributed by atoms with E-state index < -0.39 is 0 Å². The van der Waals surface area contributed by atoms with E-state index in [1.165, 1.54) is 109 Å². The quantitative estimate of drug-likeness (QED) is 0.0270. The van der Waals surface area contributed by atoms with Gasteiger partial charge in [-0.15, -0.1) is 0 Å². The number of unbranched alkanes of at least 4 members (excludes halogenated alkanes) is 7. The third-order valence-electron chi connectivity index (χ3n) is 13.0. The molecule has 0 aromatic rings. The van der Waals surface area contributed by atoms with Crippen LogP contribution in [-0.2, 0) is 0 Å². The number of nitrogens with one attached hydrogen (secondary N) is 12. The zero-order valence-corrected chi connectivity index (χ0v) is 53.4. The molecule has 0 saturated heterocycles. The lowest BCUT2D eigenvalue weighted by Gasteiger charge is -2.56. The lowest BCUT2D eigenvalue weighted by atomic mass is 9.50. The van der Waals surface area contributed by atoms with Gasteiger partial charge in [0.05, 0.1) is 0 Å². The molecule has 0 aromatic carbocycles. The van der Waals surface area contributed by atoms with Crippen LogP contribution in [0.2, 0.25) is 0 Å². The van der Waals surface area contributed by atoms with Gasteiger partial charge in [-0.2, -0.15) is 0 Å². The molecule has 4 aliphatic carbocycles. The predicted octanol–water partition coefficient (Wildman–Crippen LogP) is 7.64. The zero-order valence-electron chi connectivity index (χ0n) is 53.4. The molecule has 0 heterocycles. The van der Waals surface area contributed by atoms with Crippen molar-refractivity contribution in [1.82, 2.24) is 63.8 Å². The van der Waals surface area contributed by atoms with Crippen molar-refractivity contribution in [3.05, 3.63) is 0 Å². The van der Waals surface area contributed by atoms with Crippen LogP contribution in [0.5, 0.6) is 0 Å². The molecule has 0 aliphatic heterocycles. The maximum Gasteiger partial charge on any atom is 0.00791 e. The molecular formula is C60H144N14. The molecule has 454 valence electrons. The molecule has 14 nitrogen and oxygen atoms in total. The Morgan fingerprint density at radius 3 is 0.946 bits per heavy atom. The third kappa shape index (κ3) is 71.4. The third-order valence-corrected chi connectivity index (χ3v) is 13.0. The summed E-state index contributed by atoms with van der Waals surface area (Å²) in [5, 5.41) is 38.5. The topological polar surface area (TPSA) is 196 Å². The second kappa shape index (κ2) is 68.5. The molecule has 0 aromatic heterocycles. The maximum atomic E-state index is 5.93. The highest BCUT2D eigenvalue weighted by Crippen LogP contribution is 2.59. The summed E-state index contributed by atoms with van der Waals surface area (Å²) in [6, 6.07) is 2.45. The van der Waals surface area contributed by atoms with E-state index in [4.69, 9.17) is 11.5 Å². The van der Waals surface area contributed by atoms with Gasteiger partial charge in [-0.1, -0.05) is 135 Å². The van der Waals surface area contributed by atoms with E-state index in [9.17, 15) is 0 Å². The first kappa shape index (κ1) is 82.3. The second-order valence-electron chi connectivity index (χ2n) is 22.2. The average molecular weight is 1060 g/mol. The van der Waals surface area contributed by atoms with Gasteiger partial charge in [-0.05, 0) is 194 Å². The molecule has 0 amide bonds. The minimum Gasteiger partial charge on any atom is -0.330 e. The SMILES string of the molecule is CC(C)NCCCNC(C)C.CC(C)NCCNC(C)C.CCCCCCCCCCN.CCNCCCNCC.CCNCCNCC.CNCCCNC.CNCCNC.NCC12CC3CC(CC(C3)C1)C2. The summed E-state index contributed by atoms with van der Waals surface area (Å²) < 4.78 is 0. The number of likely N-dealkylation sites (N-methyl/N-ethyl adjacent to an activating group) is 4. The molecule has 4 saturated carbocycles. The molecule has 74 heavy (non-hydrogen) atoms. The summed E-state index contributed by atoms with van der Waals surface area (Å²) in [7, 11) is 7.82. The molecule has 4 fully saturated rings. The standard InChI is InChI=1S/C11H19N.C10H23N.C9H22N2.C8H20N2.C7H18N2.C6H16N2.C5H14N2.C4H12N2/c12-7-11-4-8-1-9(5-11)3-10(2-8)6-11;1-2-3-4-5-6-7-8-9-10-11;1-8(2)10-6-5-7-11-9(3)4;1-7(2)9-5-6-10-8(3)4;1-3-8-6-5-7-9-4-2;1-3-7-5-6-8-4-2;1-6-4-3-5-7-2;1-5-3-4-6-2/h8-10H,1-7,12H2;2-11H2,1H3;8-11H,5-7H2,1-4H3;7-10H,5-6H2,1-4H3;8-9H,3-7H2,1-2H3;7-8H,3-6H2,1-2H3;6-7H,3-5H2,1-2H3;5-6H,3-4H2,1-2H3. The molecule has 4 aliphatic rings. The normalized spacial score (nSPS) is 17.8. The van der Waals surface area contributed by atoms with E-state index in [0.717, 1.165) is 136 Å². The minimum atomic E-state index is 0.606. The first-order valence-corrected chi connectivity index (χ1v) is 31.4. The Kier molecular flexibility index (Phi) is 76.2. The van der Waals surface area contributed by atoms with Crippen LogP contribution in [0.25, 0.3) is 0 Å². The first-order chi connectivity index (χ1) is 35.6. The van der Waals surface area contributed by atoms with E-state index >= 15 is 0 Å². The van der Waals surface area contributed by atoms with E-state index in [1.54, 1.807) is 0 Å². The molecule has 4 bridgehead atoms. The second-order valence-corrected chi connectivity index (χ2v) is 22.2. The van der Waals surface area contributed by atoms with E-state index in [1.807, 2.05) is 28.2 Å². The zero-order chi connectivity index (χ0) is 56.8. The highest BCUT2D eigenvalue weighted by molar-refractivity contribution is 5.01. The smallest absolute Gasteiger partial charge is 0.00791 e. The van der Waals surface area contributed by atoms with Crippen LogP contribution in [0, 0.1) is 23.2 Å². The molecule has 16 N–H and O–H groups in total. The van der Waals surface area contributed by atoms with Crippen molar-refractivity contribution in [3.63, 3.8) is 0 Å². The van der Waals surface area contributed by atoms with E-state index in [2.05, 4.69) is 154 Å². The Morgan fingerprint density at radius 2 is 0.649 bits per heavy atom. The number of hydrogen-bond acceptors (Lipinski definition) is 14. The Balaban J connectivity index is -0.000000248. The summed E-state index contributed by atoms with van der Waals surface area (Å²) >= 11 is 0. The Bertz CT molecular complexity index is 875. The van der Waals surface area contributed by atoms with Gasteiger partial charge in [-0.25, -0.2) is 0 Å². The lowest BCUT2D eigenvalue weighted by Crippen LogP contribution is -2.49. The van der Waals surface area contributed by atoms with Crippen molar-refractivity contribution < 1.29 is 0 Å². The largest absolute Gasteiger partial charge is 0.330 e. The van der Waals surface area contributed by atoms with Crippen molar-refractivity contribution in [2.24, 2.45) is 34.6 Å². The summed E-state index contributed by atoms with van der Waals surface area (Å²) in [6.45, 7) is 47.4. The minimum absolute atomic E-state index is 0.606. The Hall–Kier alpha value is -0.560. The fourth-order valence-electron chi connectivity index (χ4n) is 9.32. The monoisotopic (exact) mass is 1060 g/mol. The van der Waals surface area contributed by atoms with Gasteiger partial charge in [0.1, 0.15) is 0 Å². The fourth-order valence-corrected chi connectivity index (χ4v) is 9.32. The lowest BCUT2D eigenvalue weighted by molar-refractivity contribution is -0.0468. The maximum absolute atomic E-state index is 5.93. The number of rotatable bonds is 38.